The molecule has 1 aliphatic carbocycles. The number of nitrogens with one attached hydrogen (secondary N) is 1. The molecule has 0 unspecified atom stereocenters. The Hall–Kier alpha value is -2.51. The Morgan fingerprint density at radius 1 is 1.43 bits per heavy atom. The molecule has 2 aromatic rings. The molecule has 1 heterocycles. The fourth-order valence-electron chi connectivity index (χ4n) is 2.18. The summed E-state index contributed by atoms with van der Waals surface area (Å²) in [5.74, 6) is -2.13. The lowest BCUT2D eigenvalue weighted by Gasteiger charge is -2.13. The van der Waals surface area contributed by atoms with Crippen LogP contribution >= 0.6 is 0 Å². The lowest BCUT2D eigenvalue weighted by Crippen LogP contribution is -2.28. The highest BCUT2D eigenvalue weighted by Gasteiger charge is 2.30. The van der Waals surface area contributed by atoms with Crippen molar-refractivity contribution >= 4 is 5.91 Å². The van der Waals surface area contributed by atoms with E-state index < -0.39 is 29.1 Å². The number of aromatic nitrogens is 2. The molecule has 0 bridgehead atoms. The summed E-state index contributed by atoms with van der Waals surface area (Å²) < 4.78 is 37.3. The van der Waals surface area contributed by atoms with E-state index in [0.717, 1.165) is 18.9 Å². The van der Waals surface area contributed by atoms with Crippen molar-refractivity contribution in [2.45, 2.75) is 31.7 Å². The van der Waals surface area contributed by atoms with Crippen LogP contribution < -0.4 is 10.1 Å². The fraction of sp³-hybridized carbons (Fsp3) is 0.400. The summed E-state index contributed by atoms with van der Waals surface area (Å²) in [7, 11) is 1.27. The number of carbonyl (C=O) groups excluding carboxylic acids is 1. The number of ether oxygens (including phenoxy) is 1. The molecule has 0 aliphatic heterocycles. The van der Waals surface area contributed by atoms with E-state index in [1.807, 2.05) is 0 Å². The van der Waals surface area contributed by atoms with Crippen molar-refractivity contribution in [2.75, 3.05) is 7.11 Å². The smallest absolute Gasteiger partial charge is 0.258 e. The molecule has 1 aliphatic rings. The van der Waals surface area contributed by atoms with Gasteiger partial charge >= 0.3 is 0 Å². The standard InChI is InChI=1S/C15H15F2N3O3/c1-7(15-19-13(20-23-15)8-3-4-8)18-14(21)11-10(22-2)6-5-9(16)12(11)17/h5-8H,3-4H2,1-2H3,(H,18,21)/t7-/m0/s1. The van der Waals surface area contributed by atoms with Crippen LogP contribution in [0.5, 0.6) is 5.75 Å². The quantitative estimate of drug-likeness (QED) is 0.915. The first-order chi connectivity index (χ1) is 11.0. The Kier molecular flexibility index (Phi) is 3.97. The van der Waals surface area contributed by atoms with Gasteiger partial charge in [0.1, 0.15) is 17.4 Å². The normalized spacial score (nSPS) is 15.3. The van der Waals surface area contributed by atoms with Crippen LogP contribution in [0.25, 0.3) is 0 Å². The summed E-state index contributed by atoms with van der Waals surface area (Å²) in [6.45, 7) is 1.62. The number of hydrogen-bond acceptors (Lipinski definition) is 5. The van der Waals surface area contributed by atoms with Gasteiger partial charge in [0.15, 0.2) is 17.5 Å². The predicted molar refractivity (Wildman–Crippen MR) is 75.1 cm³/mol. The van der Waals surface area contributed by atoms with Crippen LogP contribution in [-0.4, -0.2) is 23.2 Å². The third kappa shape index (κ3) is 3.01. The maximum atomic E-state index is 13.9. The molecule has 1 amide bonds. The van der Waals surface area contributed by atoms with Crippen molar-refractivity contribution < 1.29 is 22.8 Å². The van der Waals surface area contributed by atoms with Gasteiger partial charge < -0.3 is 14.6 Å². The second-order valence-electron chi connectivity index (χ2n) is 5.40. The highest BCUT2D eigenvalue weighted by molar-refractivity contribution is 5.97. The third-order valence-corrected chi connectivity index (χ3v) is 3.62. The Morgan fingerprint density at radius 3 is 2.83 bits per heavy atom. The summed E-state index contributed by atoms with van der Waals surface area (Å²) in [4.78, 5) is 16.5. The van der Waals surface area contributed by atoms with Crippen molar-refractivity contribution in [3.63, 3.8) is 0 Å². The zero-order valence-electron chi connectivity index (χ0n) is 12.6. The molecular weight excluding hydrogens is 308 g/mol. The summed E-state index contributed by atoms with van der Waals surface area (Å²) >= 11 is 0. The molecule has 23 heavy (non-hydrogen) atoms. The second-order valence-corrected chi connectivity index (χ2v) is 5.40. The monoisotopic (exact) mass is 323 g/mol. The van der Waals surface area contributed by atoms with E-state index >= 15 is 0 Å². The summed E-state index contributed by atoms with van der Waals surface area (Å²) in [6, 6.07) is 1.44. The highest BCUT2D eigenvalue weighted by atomic mass is 19.2. The second kappa shape index (κ2) is 5.94. The molecule has 3 rings (SSSR count). The van der Waals surface area contributed by atoms with Gasteiger partial charge in [-0.3, -0.25) is 4.79 Å². The number of rotatable bonds is 5. The number of nitrogens with zero attached hydrogens (tertiary/aromatic N) is 2. The Bertz CT molecular complexity index is 744. The molecular formula is C15H15F2N3O3. The van der Waals surface area contributed by atoms with E-state index in [4.69, 9.17) is 9.26 Å². The van der Waals surface area contributed by atoms with Gasteiger partial charge in [-0.15, -0.1) is 0 Å². The molecule has 1 atom stereocenters. The number of benzene rings is 1. The molecule has 1 aromatic heterocycles. The van der Waals surface area contributed by atoms with E-state index in [0.29, 0.717) is 11.7 Å². The van der Waals surface area contributed by atoms with Crippen LogP contribution in [0.4, 0.5) is 8.78 Å². The van der Waals surface area contributed by atoms with Crippen LogP contribution in [0, 0.1) is 11.6 Å². The third-order valence-electron chi connectivity index (χ3n) is 3.62. The molecule has 0 saturated heterocycles. The predicted octanol–water partition coefficient (Wildman–Crippen LogP) is 2.72. The summed E-state index contributed by atoms with van der Waals surface area (Å²) in [5.41, 5.74) is -0.499. The van der Waals surface area contributed by atoms with Crippen LogP contribution in [0.3, 0.4) is 0 Å². The van der Waals surface area contributed by atoms with Crippen molar-refractivity contribution in [1.82, 2.24) is 15.5 Å². The number of methoxy groups -OCH3 is 1. The van der Waals surface area contributed by atoms with Gasteiger partial charge in [0.2, 0.25) is 5.89 Å². The highest BCUT2D eigenvalue weighted by Crippen LogP contribution is 2.38. The SMILES string of the molecule is COc1ccc(F)c(F)c1C(=O)N[C@@H](C)c1nc(C2CC2)no1. The van der Waals surface area contributed by atoms with Crippen LogP contribution in [-0.2, 0) is 0 Å². The van der Waals surface area contributed by atoms with Crippen LogP contribution in [0.15, 0.2) is 16.7 Å². The van der Waals surface area contributed by atoms with Crippen LogP contribution in [0.2, 0.25) is 0 Å². The molecule has 6 nitrogen and oxygen atoms in total. The summed E-state index contributed by atoms with van der Waals surface area (Å²) in [6.07, 6.45) is 2.04. The Balaban J connectivity index is 1.79. The lowest BCUT2D eigenvalue weighted by atomic mass is 10.1. The number of halogens is 2. The van der Waals surface area contributed by atoms with Gasteiger partial charge in [0.25, 0.3) is 5.91 Å². The minimum Gasteiger partial charge on any atom is -0.496 e. The summed E-state index contributed by atoms with van der Waals surface area (Å²) in [5, 5.41) is 6.35. The lowest BCUT2D eigenvalue weighted by molar-refractivity contribution is 0.0924. The number of carbonyl (C=O) groups is 1. The maximum Gasteiger partial charge on any atom is 0.258 e. The molecule has 0 spiro atoms. The largest absolute Gasteiger partial charge is 0.496 e. The molecule has 0 radical (unpaired) electrons. The van der Waals surface area contributed by atoms with E-state index in [9.17, 15) is 13.6 Å². The van der Waals surface area contributed by atoms with Gasteiger partial charge in [0.05, 0.1) is 7.11 Å². The van der Waals surface area contributed by atoms with E-state index in [1.54, 1.807) is 6.92 Å². The molecule has 122 valence electrons. The maximum absolute atomic E-state index is 13.9. The fourth-order valence-corrected chi connectivity index (χ4v) is 2.18. The van der Waals surface area contributed by atoms with Crippen molar-refractivity contribution in [1.29, 1.82) is 0 Å². The molecule has 1 saturated carbocycles. The van der Waals surface area contributed by atoms with E-state index in [-0.39, 0.29) is 11.6 Å². The van der Waals surface area contributed by atoms with Gasteiger partial charge in [-0.25, -0.2) is 8.78 Å². The van der Waals surface area contributed by atoms with Crippen molar-refractivity contribution in [3.8, 4) is 5.75 Å². The van der Waals surface area contributed by atoms with E-state index in [1.165, 1.54) is 13.2 Å². The van der Waals surface area contributed by atoms with Gasteiger partial charge in [0, 0.05) is 5.92 Å². The molecule has 1 N–H and O–H groups in total. The Labute approximate surface area is 130 Å². The minimum absolute atomic E-state index is 0.0576. The topological polar surface area (TPSA) is 77.2 Å². The first-order valence-corrected chi connectivity index (χ1v) is 7.17. The zero-order chi connectivity index (χ0) is 16.6. The van der Waals surface area contributed by atoms with Crippen molar-refractivity contribution in [3.05, 3.63) is 41.0 Å². The molecule has 1 aromatic carbocycles. The van der Waals surface area contributed by atoms with Gasteiger partial charge in [-0.1, -0.05) is 5.16 Å². The zero-order valence-corrected chi connectivity index (χ0v) is 12.6. The molecule has 1 fully saturated rings. The first-order valence-electron chi connectivity index (χ1n) is 7.17. The molecule has 8 heteroatoms. The average Bonchev–Trinajstić information content (AvgIpc) is 3.26. The van der Waals surface area contributed by atoms with Gasteiger partial charge in [-0.2, -0.15) is 4.98 Å². The van der Waals surface area contributed by atoms with E-state index in [2.05, 4.69) is 15.5 Å². The van der Waals surface area contributed by atoms with Crippen LogP contribution in [0.1, 0.15) is 53.8 Å². The number of amides is 1. The minimum atomic E-state index is -1.27. The number of hydrogen-bond donors (Lipinski definition) is 1. The Morgan fingerprint density at radius 2 is 2.17 bits per heavy atom. The van der Waals surface area contributed by atoms with Crippen molar-refractivity contribution in [2.24, 2.45) is 0 Å². The average molecular weight is 323 g/mol. The van der Waals surface area contributed by atoms with Gasteiger partial charge in [-0.05, 0) is 31.9 Å². The first kappa shape index (κ1) is 15.4.